The molecule has 0 saturated carbocycles. The van der Waals surface area contributed by atoms with E-state index in [1.54, 1.807) is 11.5 Å². The number of hydrogen-bond donors (Lipinski definition) is 0. The van der Waals surface area contributed by atoms with E-state index in [1.165, 1.54) is 11.8 Å². The molecule has 1 aromatic carbocycles. The van der Waals surface area contributed by atoms with Gasteiger partial charge in [-0.3, -0.25) is 4.79 Å². The molecular weight excluding hydrogens is 332 g/mol. The Hall–Kier alpha value is -2.70. The quantitative estimate of drug-likeness (QED) is 0.588. The van der Waals surface area contributed by atoms with E-state index in [0.29, 0.717) is 24.7 Å². The maximum atomic E-state index is 12.4. The van der Waals surface area contributed by atoms with Gasteiger partial charge < -0.3 is 19.6 Å². The van der Waals surface area contributed by atoms with Crippen molar-refractivity contribution < 1.29 is 9.72 Å². The van der Waals surface area contributed by atoms with E-state index in [9.17, 15) is 14.9 Å². The highest BCUT2D eigenvalue weighted by Gasteiger charge is 2.23. The lowest BCUT2D eigenvalue weighted by atomic mass is 9.90. The van der Waals surface area contributed by atoms with Gasteiger partial charge in [-0.15, -0.1) is 0 Å². The van der Waals surface area contributed by atoms with E-state index >= 15 is 0 Å². The van der Waals surface area contributed by atoms with Gasteiger partial charge in [-0.1, -0.05) is 30.3 Å². The van der Waals surface area contributed by atoms with Crippen molar-refractivity contribution in [3.05, 3.63) is 58.0 Å². The van der Waals surface area contributed by atoms with Crippen molar-refractivity contribution >= 4 is 11.7 Å². The number of hydrogen-bond acceptors (Lipinski definition) is 4. The van der Waals surface area contributed by atoms with Crippen LogP contribution >= 0.6 is 0 Å². The van der Waals surface area contributed by atoms with Gasteiger partial charge in [0.05, 0.1) is 0 Å². The van der Waals surface area contributed by atoms with Crippen molar-refractivity contribution in [1.82, 2.24) is 14.5 Å². The zero-order valence-electron chi connectivity index (χ0n) is 15.0. The van der Waals surface area contributed by atoms with E-state index in [4.69, 9.17) is 0 Å². The van der Waals surface area contributed by atoms with Gasteiger partial charge in [0, 0.05) is 33.0 Å². The average Bonchev–Trinajstić information content (AvgIpc) is 3.02. The van der Waals surface area contributed by atoms with Gasteiger partial charge in [-0.2, -0.15) is 0 Å². The zero-order chi connectivity index (χ0) is 18.5. The number of nitro groups is 1. The third-order valence-electron chi connectivity index (χ3n) is 5.05. The first kappa shape index (κ1) is 18.1. The summed E-state index contributed by atoms with van der Waals surface area (Å²) in [5, 5.41) is 10.8. The summed E-state index contributed by atoms with van der Waals surface area (Å²) in [6.45, 7) is 3.72. The third kappa shape index (κ3) is 4.47. The molecule has 0 atom stereocenters. The lowest BCUT2D eigenvalue weighted by molar-refractivity contribution is -0.389. The molecule has 0 unspecified atom stereocenters. The minimum atomic E-state index is -0.511. The highest BCUT2D eigenvalue weighted by atomic mass is 16.6. The van der Waals surface area contributed by atoms with Gasteiger partial charge >= 0.3 is 5.82 Å². The van der Waals surface area contributed by atoms with Crippen LogP contribution in [0.15, 0.2) is 36.5 Å². The normalized spacial score (nSPS) is 15.2. The molecule has 0 spiro atoms. The monoisotopic (exact) mass is 356 g/mol. The Labute approximate surface area is 152 Å². The Kier molecular flexibility index (Phi) is 5.65. The van der Waals surface area contributed by atoms with Gasteiger partial charge in [-0.05, 0) is 40.7 Å². The minimum Gasteiger partial charge on any atom is -0.358 e. The van der Waals surface area contributed by atoms with Gasteiger partial charge in [0.25, 0.3) is 0 Å². The summed E-state index contributed by atoms with van der Waals surface area (Å²) in [4.78, 5) is 28.5. The number of carbonyl (C=O) groups excluding carboxylic acids is 1. The molecule has 0 N–H and O–H groups in total. The maximum Gasteiger partial charge on any atom is 0.381 e. The average molecular weight is 356 g/mol. The second-order valence-corrected chi connectivity index (χ2v) is 6.86. The molecule has 3 rings (SSSR count). The Morgan fingerprint density at radius 3 is 2.58 bits per heavy atom. The molecular formula is C19H24N4O3. The van der Waals surface area contributed by atoms with Crippen LogP contribution in [-0.4, -0.2) is 38.4 Å². The lowest BCUT2D eigenvalue weighted by Crippen LogP contribution is -2.39. The van der Waals surface area contributed by atoms with Crippen LogP contribution in [0.2, 0.25) is 0 Å². The van der Waals surface area contributed by atoms with Crippen LogP contribution in [0.25, 0.3) is 0 Å². The first-order valence-electron chi connectivity index (χ1n) is 9.03. The molecule has 1 aromatic heterocycles. The van der Waals surface area contributed by atoms with Crippen LogP contribution in [0.4, 0.5) is 5.82 Å². The second-order valence-electron chi connectivity index (χ2n) is 6.86. The Morgan fingerprint density at radius 1 is 1.27 bits per heavy atom. The molecule has 1 aliphatic heterocycles. The molecule has 0 radical (unpaired) electrons. The fraction of sp³-hybridized carbons (Fsp3) is 0.474. The van der Waals surface area contributed by atoms with Crippen LogP contribution in [0.3, 0.4) is 0 Å². The van der Waals surface area contributed by atoms with E-state index in [-0.39, 0.29) is 11.7 Å². The molecule has 7 nitrogen and oxygen atoms in total. The molecule has 0 bridgehead atoms. The zero-order valence-corrected chi connectivity index (χ0v) is 15.0. The van der Waals surface area contributed by atoms with Crippen molar-refractivity contribution in [2.24, 2.45) is 5.92 Å². The Morgan fingerprint density at radius 2 is 1.96 bits per heavy atom. The number of aryl methyl sites for hydroxylation is 2. The summed E-state index contributed by atoms with van der Waals surface area (Å²) >= 11 is 0. The molecule has 1 amide bonds. The Bertz CT molecular complexity index is 764. The largest absolute Gasteiger partial charge is 0.381 e. The summed E-state index contributed by atoms with van der Waals surface area (Å²) in [7, 11) is 0. The van der Waals surface area contributed by atoms with E-state index in [0.717, 1.165) is 32.4 Å². The molecule has 1 fully saturated rings. The fourth-order valence-electron chi connectivity index (χ4n) is 3.51. The van der Waals surface area contributed by atoms with Gasteiger partial charge in [0.2, 0.25) is 11.7 Å². The summed E-state index contributed by atoms with van der Waals surface area (Å²) < 4.78 is 1.68. The molecule has 7 heteroatoms. The molecule has 0 aliphatic carbocycles. The number of nitrogens with zero attached hydrogens (tertiary/aromatic N) is 4. The van der Waals surface area contributed by atoms with Crippen molar-refractivity contribution in [2.75, 3.05) is 13.1 Å². The number of benzene rings is 1. The number of carbonyl (C=O) groups is 1. The number of rotatable bonds is 6. The van der Waals surface area contributed by atoms with Crippen molar-refractivity contribution in [3.63, 3.8) is 0 Å². The second kappa shape index (κ2) is 8.12. The molecule has 1 saturated heterocycles. The number of piperidine rings is 1. The van der Waals surface area contributed by atoms with Crippen molar-refractivity contribution in [3.8, 4) is 0 Å². The first-order chi connectivity index (χ1) is 12.5. The minimum absolute atomic E-state index is 0.110. The van der Waals surface area contributed by atoms with Crippen molar-refractivity contribution in [2.45, 2.75) is 39.2 Å². The highest BCUT2D eigenvalue weighted by Crippen LogP contribution is 2.22. The Balaban J connectivity index is 1.46. The van der Waals surface area contributed by atoms with Crippen molar-refractivity contribution in [1.29, 1.82) is 0 Å². The van der Waals surface area contributed by atoms with Crippen LogP contribution in [0.5, 0.6) is 0 Å². The molecule has 26 heavy (non-hydrogen) atoms. The van der Waals surface area contributed by atoms with Crippen LogP contribution in [0, 0.1) is 23.0 Å². The fourth-order valence-corrected chi connectivity index (χ4v) is 3.51. The lowest BCUT2D eigenvalue weighted by Gasteiger charge is -2.32. The van der Waals surface area contributed by atoms with Crippen LogP contribution in [-0.2, 0) is 17.8 Å². The number of amides is 1. The summed E-state index contributed by atoms with van der Waals surface area (Å²) in [5.74, 6) is 1.13. The molecule has 2 heterocycles. The van der Waals surface area contributed by atoms with Gasteiger partial charge in [0.1, 0.15) is 6.20 Å². The van der Waals surface area contributed by atoms with E-state index < -0.39 is 4.92 Å². The van der Waals surface area contributed by atoms with E-state index in [1.807, 2.05) is 11.0 Å². The van der Waals surface area contributed by atoms with Crippen LogP contribution < -0.4 is 0 Å². The van der Waals surface area contributed by atoms with Gasteiger partial charge in [0.15, 0.2) is 0 Å². The van der Waals surface area contributed by atoms with Gasteiger partial charge in [-0.25, -0.2) is 0 Å². The topological polar surface area (TPSA) is 81.3 Å². The highest BCUT2D eigenvalue weighted by molar-refractivity contribution is 5.76. The van der Waals surface area contributed by atoms with E-state index in [2.05, 4.69) is 29.2 Å². The number of imidazole rings is 1. The summed E-state index contributed by atoms with van der Waals surface area (Å²) in [5.41, 5.74) is 1.36. The predicted molar refractivity (Wildman–Crippen MR) is 97.7 cm³/mol. The third-order valence-corrected chi connectivity index (χ3v) is 5.05. The van der Waals surface area contributed by atoms with Crippen LogP contribution in [0.1, 0.15) is 30.7 Å². The first-order valence-corrected chi connectivity index (χ1v) is 9.03. The predicted octanol–water partition coefficient (Wildman–Crippen LogP) is 2.97. The smallest absolute Gasteiger partial charge is 0.358 e. The number of likely N-dealkylation sites (tertiary alicyclic amines) is 1. The summed E-state index contributed by atoms with van der Waals surface area (Å²) in [6, 6.07) is 10.5. The summed E-state index contributed by atoms with van der Waals surface area (Å²) in [6.07, 6.45) is 4.86. The number of aromatic nitrogens is 2. The standard InChI is InChI=1S/C19H24N4O3/c1-15-20-18(23(25)26)14-22(15)12-9-19(24)21-10-7-17(8-11-21)13-16-5-3-2-4-6-16/h2-6,14,17H,7-13H2,1H3. The SMILES string of the molecule is Cc1nc([N+](=O)[O-])cn1CCC(=O)N1CCC(Cc2ccccc2)CC1. The molecule has 2 aromatic rings. The maximum absolute atomic E-state index is 12.4. The molecule has 1 aliphatic rings. The molecule has 138 valence electrons.